The van der Waals surface area contributed by atoms with Crippen molar-refractivity contribution in [2.75, 3.05) is 5.32 Å². The average molecular weight is 458 g/mol. The second-order valence-corrected chi connectivity index (χ2v) is 9.35. The van der Waals surface area contributed by atoms with Gasteiger partial charge in [0.05, 0.1) is 40.0 Å². The molecule has 0 atom stereocenters. The smallest absolute Gasteiger partial charge is 0.257 e. The van der Waals surface area contributed by atoms with Gasteiger partial charge in [0.2, 0.25) is 0 Å². The molecule has 0 aliphatic heterocycles. The molecular weight excluding hydrogens is 434 g/mol. The van der Waals surface area contributed by atoms with E-state index in [1.165, 1.54) is 4.88 Å². The molecule has 5 aromatic rings. The molecule has 166 valence electrons. The molecule has 33 heavy (non-hydrogen) atoms. The van der Waals surface area contributed by atoms with Gasteiger partial charge in [-0.15, -0.1) is 11.3 Å². The molecule has 0 bridgehead atoms. The van der Waals surface area contributed by atoms with Gasteiger partial charge >= 0.3 is 0 Å². The number of rotatable bonds is 6. The molecular formula is C24H23N7OS. The fourth-order valence-corrected chi connectivity index (χ4v) is 4.47. The lowest BCUT2D eigenvalue weighted by Gasteiger charge is -2.10. The number of fused-ring (bicyclic) bond motifs is 1. The molecule has 0 saturated carbocycles. The third kappa shape index (κ3) is 4.27. The topological polar surface area (TPSA) is 90.5 Å². The summed E-state index contributed by atoms with van der Waals surface area (Å²) in [6.45, 7) is 6.67. The van der Waals surface area contributed by atoms with Crippen molar-refractivity contribution in [2.24, 2.45) is 0 Å². The molecule has 5 heterocycles. The minimum absolute atomic E-state index is 0.119. The summed E-state index contributed by atoms with van der Waals surface area (Å²) in [5, 5.41) is 12.6. The molecule has 0 aliphatic rings. The fourth-order valence-electron chi connectivity index (χ4n) is 3.64. The Labute approximate surface area is 194 Å². The standard InChI is InChI=1S/C24H23N7OS/c1-15(2)31-23-19(13-26-31)18(12-20(27-23)21-8-7-16(3)33-21)24(32)28-22-9-11-30(29-22)14-17-6-4-5-10-25-17/h4-13,15H,14H2,1-3H3,(H,28,29,32). The zero-order chi connectivity index (χ0) is 22.9. The molecule has 8 nitrogen and oxygen atoms in total. The number of carbonyl (C=O) groups is 1. The highest BCUT2D eigenvalue weighted by Crippen LogP contribution is 2.31. The average Bonchev–Trinajstić information content (AvgIpc) is 3.53. The lowest BCUT2D eigenvalue weighted by atomic mass is 10.1. The molecule has 1 N–H and O–H groups in total. The van der Waals surface area contributed by atoms with Crippen LogP contribution in [0.5, 0.6) is 0 Å². The van der Waals surface area contributed by atoms with Gasteiger partial charge in [0.25, 0.3) is 5.91 Å². The van der Waals surface area contributed by atoms with Crippen LogP contribution in [0.3, 0.4) is 0 Å². The fraction of sp³-hybridized carbons (Fsp3) is 0.208. The van der Waals surface area contributed by atoms with Crippen LogP contribution in [-0.2, 0) is 6.54 Å². The van der Waals surface area contributed by atoms with Gasteiger partial charge in [0.1, 0.15) is 0 Å². The number of thiophene rings is 1. The van der Waals surface area contributed by atoms with Crippen LogP contribution in [0.15, 0.2) is 61.1 Å². The highest BCUT2D eigenvalue weighted by atomic mass is 32.1. The maximum absolute atomic E-state index is 13.3. The van der Waals surface area contributed by atoms with Gasteiger partial charge in [-0.3, -0.25) is 14.5 Å². The van der Waals surface area contributed by atoms with Gasteiger partial charge in [0, 0.05) is 29.4 Å². The number of aryl methyl sites for hydroxylation is 1. The Bertz CT molecular complexity index is 1430. The summed E-state index contributed by atoms with van der Waals surface area (Å²) >= 11 is 1.65. The predicted molar refractivity (Wildman–Crippen MR) is 129 cm³/mol. The molecule has 0 spiro atoms. The van der Waals surface area contributed by atoms with E-state index in [-0.39, 0.29) is 11.9 Å². The Hall–Kier alpha value is -3.85. The lowest BCUT2D eigenvalue weighted by Crippen LogP contribution is -2.14. The van der Waals surface area contributed by atoms with Gasteiger partial charge in [-0.1, -0.05) is 6.07 Å². The summed E-state index contributed by atoms with van der Waals surface area (Å²) in [6.07, 6.45) is 5.28. The van der Waals surface area contributed by atoms with Crippen molar-refractivity contribution >= 4 is 34.1 Å². The normalized spacial score (nSPS) is 11.4. The summed E-state index contributed by atoms with van der Waals surface area (Å²) in [4.78, 5) is 24.7. The van der Waals surface area contributed by atoms with E-state index in [0.29, 0.717) is 29.0 Å². The second-order valence-electron chi connectivity index (χ2n) is 8.06. The number of anilines is 1. The SMILES string of the molecule is Cc1ccc(-c2cc(C(=O)Nc3ccn(Cc4ccccn4)n3)c3cnn(C(C)C)c3n2)s1. The van der Waals surface area contributed by atoms with Crippen LogP contribution in [-0.4, -0.2) is 35.4 Å². The van der Waals surface area contributed by atoms with Crippen molar-refractivity contribution in [3.63, 3.8) is 0 Å². The molecule has 5 aromatic heterocycles. The Balaban J connectivity index is 1.48. The maximum atomic E-state index is 13.3. The quantitative estimate of drug-likeness (QED) is 0.390. The predicted octanol–water partition coefficient (Wildman–Crippen LogP) is 4.94. The van der Waals surface area contributed by atoms with Gasteiger partial charge in [0.15, 0.2) is 11.5 Å². The van der Waals surface area contributed by atoms with Crippen molar-refractivity contribution < 1.29 is 4.79 Å². The maximum Gasteiger partial charge on any atom is 0.257 e. The van der Waals surface area contributed by atoms with Crippen molar-refractivity contribution in [3.05, 3.63) is 77.2 Å². The number of aromatic nitrogens is 6. The summed E-state index contributed by atoms with van der Waals surface area (Å²) < 4.78 is 3.59. The van der Waals surface area contributed by atoms with Crippen LogP contribution in [0.4, 0.5) is 5.82 Å². The Morgan fingerprint density at radius 1 is 1.18 bits per heavy atom. The Morgan fingerprint density at radius 2 is 2.06 bits per heavy atom. The summed E-state index contributed by atoms with van der Waals surface area (Å²) in [6, 6.07) is 13.6. The third-order valence-electron chi connectivity index (χ3n) is 5.23. The van der Waals surface area contributed by atoms with Crippen molar-refractivity contribution in [1.29, 1.82) is 0 Å². The van der Waals surface area contributed by atoms with E-state index in [1.54, 1.807) is 34.5 Å². The van der Waals surface area contributed by atoms with E-state index in [2.05, 4.69) is 33.5 Å². The first-order valence-electron chi connectivity index (χ1n) is 10.7. The number of pyridine rings is 2. The van der Waals surface area contributed by atoms with Crippen molar-refractivity contribution in [3.8, 4) is 10.6 Å². The largest absolute Gasteiger partial charge is 0.305 e. The molecule has 9 heteroatoms. The highest BCUT2D eigenvalue weighted by molar-refractivity contribution is 7.15. The number of amides is 1. The van der Waals surface area contributed by atoms with Crippen LogP contribution in [0, 0.1) is 6.92 Å². The van der Waals surface area contributed by atoms with Crippen LogP contribution in [0.2, 0.25) is 0 Å². The zero-order valence-electron chi connectivity index (χ0n) is 18.6. The van der Waals surface area contributed by atoms with Crippen molar-refractivity contribution in [1.82, 2.24) is 29.5 Å². The van der Waals surface area contributed by atoms with E-state index < -0.39 is 0 Å². The molecule has 0 radical (unpaired) electrons. The minimum atomic E-state index is -0.247. The van der Waals surface area contributed by atoms with Crippen molar-refractivity contribution in [2.45, 2.75) is 33.4 Å². The van der Waals surface area contributed by atoms with Gasteiger partial charge in [-0.05, 0) is 51.1 Å². The van der Waals surface area contributed by atoms with Gasteiger partial charge < -0.3 is 5.32 Å². The molecule has 0 saturated heterocycles. The number of nitrogens with one attached hydrogen (secondary N) is 1. The van der Waals surface area contributed by atoms with Crippen LogP contribution in [0.1, 0.15) is 40.8 Å². The summed E-state index contributed by atoms with van der Waals surface area (Å²) in [7, 11) is 0. The summed E-state index contributed by atoms with van der Waals surface area (Å²) in [5.41, 5.74) is 2.87. The molecule has 0 unspecified atom stereocenters. The molecule has 5 rings (SSSR count). The minimum Gasteiger partial charge on any atom is -0.305 e. The van der Waals surface area contributed by atoms with E-state index in [4.69, 9.17) is 4.98 Å². The Kier molecular flexibility index (Phi) is 5.47. The molecule has 0 aliphatic carbocycles. The third-order valence-corrected chi connectivity index (χ3v) is 6.25. The van der Waals surface area contributed by atoms with E-state index in [1.807, 2.05) is 55.1 Å². The van der Waals surface area contributed by atoms with Gasteiger partial charge in [-0.2, -0.15) is 10.2 Å². The zero-order valence-corrected chi connectivity index (χ0v) is 19.4. The van der Waals surface area contributed by atoms with Crippen LogP contribution >= 0.6 is 11.3 Å². The van der Waals surface area contributed by atoms with Crippen LogP contribution in [0.25, 0.3) is 21.6 Å². The first kappa shape index (κ1) is 21.0. The van der Waals surface area contributed by atoms with Gasteiger partial charge in [-0.25, -0.2) is 9.67 Å². The first-order valence-corrected chi connectivity index (χ1v) is 11.5. The Morgan fingerprint density at radius 3 is 2.79 bits per heavy atom. The lowest BCUT2D eigenvalue weighted by molar-refractivity contribution is 0.102. The monoisotopic (exact) mass is 457 g/mol. The van der Waals surface area contributed by atoms with E-state index in [0.717, 1.165) is 16.3 Å². The molecule has 0 aromatic carbocycles. The van der Waals surface area contributed by atoms with Crippen LogP contribution < -0.4 is 5.32 Å². The molecule has 0 fully saturated rings. The number of hydrogen-bond acceptors (Lipinski definition) is 6. The number of carbonyl (C=O) groups excluding carboxylic acids is 1. The van der Waals surface area contributed by atoms with E-state index >= 15 is 0 Å². The number of nitrogens with zero attached hydrogens (tertiary/aromatic N) is 6. The van der Waals surface area contributed by atoms with E-state index in [9.17, 15) is 4.79 Å². The second kappa shape index (κ2) is 8.59. The highest BCUT2D eigenvalue weighted by Gasteiger charge is 2.20. The first-order chi connectivity index (χ1) is 16.0. The molecule has 1 amide bonds. The number of hydrogen-bond donors (Lipinski definition) is 1. The summed E-state index contributed by atoms with van der Waals surface area (Å²) in [5.74, 6) is 0.231.